The number of aliphatic carboxylic acids is 2. The number of carbonyl (C=O) groups excluding carboxylic acids is 2. The quantitative estimate of drug-likeness (QED) is 0.367. The molecule has 1 aliphatic rings. The van der Waals surface area contributed by atoms with Gasteiger partial charge in [-0.15, -0.1) is 0 Å². The van der Waals surface area contributed by atoms with Crippen LogP contribution in [0.1, 0.15) is 24.0 Å². The lowest BCUT2D eigenvalue weighted by atomic mass is 9.62. The van der Waals surface area contributed by atoms with E-state index >= 15 is 0 Å². The Kier molecular flexibility index (Phi) is 11.5. The van der Waals surface area contributed by atoms with E-state index in [1.165, 1.54) is 0 Å². The highest BCUT2D eigenvalue weighted by Crippen LogP contribution is 2.44. The molecule has 1 aliphatic heterocycles. The van der Waals surface area contributed by atoms with E-state index in [-0.39, 0.29) is 17.9 Å². The maximum atomic E-state index is 13.1. The second kappa shape index (κ2) is 14.5. The monoisotopic (exact) mass is 524 g/mol. The highest BCUT2D eigenvalue weighted by molar-refractivity contribution is 5.91. The fraction of sp³-hybridized carbons (Fsp3) is 0.357. The zero-order chi connectivity index (χ0) is 28.1. The minimum Gasteiger partial charge on any atom is -0.478 e. The SMILES string of the molecule is CN(C)CCNC(=O)N1CCC(C(C(N)=O)(c2ccccc2)c2ccccc2)CC1.O=C(O)/C=C/C(=O)O. The number of nitrogens with zero attached hydrogens (tertiary/aromatic N) is 2. The summed E-state index contributed by atoms with van der Waals surface area (Å²) in [5.41, 5.74) is 7.04. The van der Waals surface area contributed by atoms with Crippen molar-refractivity contribution in [3.63, 3.8) is 0 Å². The van der Waals surface area contributed by atoms with Gasteiger partial charge in [-0.1, -0.05) is 60.7 Å². The lowest BCUT2D eigenvalue weighted by molar-refractivity contribution is -0.134. The third-order valence-electron chi connectivity index (χ3n) is 6.45. The molecular formula is C28H36N4O6. The van der Waals surface area contributed by atoms with Crippen LogP contribution in [0, 0.1) is 5.92 Å². The van der Waals surface area contributed by atoms with Gasteiger partial charge < -0.3 is 31.1 Å². The van der Waals surface area contributed by atoms with Crippen molar-refractivity contribution in [3.05, 3.63) is 83.9 Å². The molecule has 0 aromatic heterocycles. The van der Waals surface area contributed by atoms with Crippen molar-refractivity contribution in [1.82, 2.24) is 15.1 Å². The number of carbonyl (C=O) groups is 4. The molecule has 0 atom stereocenters. The molecule has 1 saturated heterocycles. The van der Waals surface area contributed by atoms with E-state index in [1.807, 2.05) is 84.6 Å². The van der Waals surface area contributed by atoms with Crippen LogP contribution in [0.3, 0.4) is 0 Å². The molecule has 10 heteroatoms. The van der Waals surface area contributed by atoms with Gasteiger partial charge >= 0.3 is 18.0 Å². The third kappa shape index (κ3) is 8.17. The Morgan fingerprint density at radius 3 is 1.74 bits per heavy atom. The van der Waals surface area contributed by atoms with Gasteiger partial charge in [-0.05, 0) is 44.0 Å². The van der Waals surface area contributed by atoms with E-state index in [2.05, 4.69) is 5.32 Å². The molecule has 0 bridgehead atoms. The fourth-order valence-corrected chi connectivity index (χ4v) is 4.68. The van der Waals surface area contributed by atoms with Gasteiger partial charge in [-0.2, -0.15) is 0 Å². The molecule has 3 amide bonds. The molecule has 5 N–H and O–H groups in total. The van der Waals surface area contributed by atoms with Crippen molar-refractivity contribution >= 4 is 23.9 Å². The zero-order valence-corrected chi connectivity index (χ0v) is 21.7. The first-order valence-corrected chi connectivity index (χ1v) is 12.3. The standard InChI is InChI=1S/C24H32N4O2.C4H4O4/c1-27(2)18-15-26-23(30)28-16-13-21(14-17-28)24(22(25)29,19-9-5-3-6-10-19)20-11-7-4-8-12-20;5-3(6)1-2-4(7)8/h3-12,21H,13-18H2,1-2H3,(H2,25,29)(H,26,30);1-2H,(H,5,6)(H,7,8)/b;2-1+. The molecule has 0 radical (unpaired) electrons. The molecule has 1 fully saturated rings. The van der Waals surface area contributed by atoms with Crippen molar-refractivity contribution in [1.29, 1.82) is 0 Å². The predicted molar refractivity (Wildman–Crippen MR) is 144 cm³/mol. The number of likely N-dealkylation sites (tertiary alicyclic amines) is 1. The van der Waals surface area contributed by atoms with E-state index in [9.17, 15) is 19.2 Å². The lowest BCUT2D eigenvalue weighted by Gasteiger charge is -2.43. The molecule has 204 valence electrons. The topological polar surface area (TPSA) is 153 Å². The first-order valence-electron chi connectivity index (χ1n) is 12.3. The first kappa shape index (κ1) is 30.0. The predicted octanol–water partition coefficient (Wildman–Crippen LogP) is 2.15. The summed E-state index contributed by atoms with van der Waals surface area (Å²) in [6.07, 6.45) is 2.55. The maximum absolute atomic E-state index is 13.1. The molecule has 0 saturated carbocycles. The number of likely N-dealkylation sites (N-methyl/N-ethyl adjacent to an activating group) is 1. The second-order valence-electron chi connectivity index (χ2n) is 9.21. The van der Waals surface area contributed by atoms with Crippen LogP contribution >= 0.6 is 0 Å². The van der Waals surface area contributed by atoms with Crippen molar-refractivity contribution in [2.24, 2.45) is 11.7 Å². The summed E-state index contributed by atoms with van der Waals surface area (Å²) in [7, 11) is 3.96. The average Bonchev–Trinajstić information content (AvgIpc) is 2.89. The number of rotatable bonds is 9. The third-order valence-corrected chi connectivity index (χ3v) is 6.45. The molecule has 0 aliphatic carbocycles. The Morgan fingerprint density at radius 1 is 0.921 bits per heavy atom. The lowest BCUT2D eigenvalue weighted by Crippen LogP contribution is -2.53. The summed E-state index contributed by atoms with van der Waals surface area (Å²) in [4.78, 5) is 48.6. The Balaban J connectivity index is 0.000000550. The van der Waals surface area contributed by atoms with Gasteiger partial charge in [0.25, 0.3) is 0 Å². The molecule has 1 heterocycles. The number of hydrogen-bond donors (Lipinski definition) is 4. The molecule has 2 aromatic carbocycles. The Morgan fingerprint density at radius 2 is 1.37 bits per heavy atom. The summed E-state index contributed by atoms with van der Waals surface area (Å²) in [5, 5.41) is 18.6. The Bertz CT molecular complexity index is 1040. The fourth-order valence-electron chi connectivity index (χ4n) is 4.68. The van der Waals surface area contributed by atoms with Crippen LogP contribution in [-0.4, -0.2) is 84.2 Å². The van der Waals surface area contributed by atoms with Crippen LogP contribution in [0.15, 0.2) is 72.8 Å². The molecule has 10 nitrogen and oxygen atoms in total. The number of carboxylic acids is 2. The van der Waals surface area contributed by atoms with Gasteiger partial charge in [0, 0.05) is 38.3 Å². The number of primary amides is 1. The summed E-state index contributed by atoms with van der Waals surface area (Å²) >= 11 is 0. The Hall–Kier alpha value is -4.18. The number of nitrogens with two attached hydrogens (primary N) is 1. The van der Waals surface area contributed by atoms with Gasteiger partial charge in [0.1, 0.15) is 5.41 Å². The smallest absolute Gasteiger partial charge is 0.328 e. The van der Waals surface area contributed by atoms with Crippen LogP contribution in [-0.2, 0) is 19.8 Å². The number of amides is 3. The van der Waals surface area contributed by atoms with E-state index in [4.69, 9.17) is 15.9 Å². The number of benzene rings is 2. The van der Waals surface area contributed by atoms with Gasteiger partial charge in [-0.3, -0.25) is 4.79 Å². The van der Waals surface area contributed by atoms with Crippen molar-refractivity contribution in [2.75, 3.05) is 40.3 Å². The summed E-state index contributed by atoms with van der Waals surface area (Å²) in [5.74, 6) is -2.83. The minimum atomic E-state index is -1.26. The van der Waals surface area contributed by atoms with Crippen LogP contribution in [0.5, 0.6) is 0 Å². The Labute approximate surface area is 222 Å². The van der Waals surface area contributed by atoms with Gasteiger partial charge in [0.15, 0.2) is 0 Å². The molecule has 0 unspecified atom stereocenters. The van der Waals surface area contributed by atoms with Gasteiger partial charge in [-0.25, -0.2) is 14.4 Å². The molecular weight excluding hydrogens is 488 g/mol. The summed E-state index contributed by atoms with van der Waals surface area (Å²) in [6, 6.07) is 19.6. The van der Waals surface area contributed by atoms with Gasteiger partial charge in [0.05, 0.1) is 0 Å². The molecule has 3 rings (SSSR count). The number of carboxylic acid groups (broad SMARTS) is 2. The first-order chi connectivity index (χ1) is 18.1. The van der Waals surface area contributed by atoms with Crippen molar-refractivity contribution in [3.8, 4) is 0 Å². The van der Waals surface area contributed by atoms with Crippen LogP contribution < -0.4 is 11.1 Å². The zero-order valence-electron chi connectivity index (χ0n) is 21.7. The second-order valence-corrected chi connectivity index (χ2v) is 9.21. The summed E-state index contributed by atoms with van der Waals surface area (Å²) in [6.45, 7) is 2.63. The summed E-state index contributed by atoms with van der Waals surface area (Å²) < 4.78 is 0. The normalized spacial score (nSPS) is 14.0. The molecule has 2 aromatic rings. The molecule has 38 heavy (non-hydrogen) atoms. The highest BCUT2D eigenvalue weighted by atomic mass is 16.4. The van der Waals surface area contributed by atoms with Crippen LogP contribution in [0.25, 0.3) is 0 Å². The highest BCUT2D eigenvalue weighted by Gasteiger charge is 2.48. The maximum Gasteiger partial charge on any atom is 0.328 e. The van der Waals surface area contributed by atoms with E-state index in [0.717, 1.165) is 17.7 Å². The number of urea groups is 1. The van der Waals surface area contributed by atoms with Gasteiger partial charge in [0.2, 0.25) is 5.91 Å². The number of hydrogen-bond acceptors (Lipinski definition) is 5. The van der Waals surface area contributed by atoms with Crippen LogP contribution in [0.4, 0.5) is 4.79 Å². The number of nitrogens with one attached hydrogen (secondary N) is 1. The van der Waals surface area contributed by atoms with Crippen molar-refractivity contribution < 1.29 is 29.4 Å². The average molecular weight is 525 g/mol. The van der Waals surface area contributed by atoms with Crippen LogP contribution in [0.2, 0.25) is 0 Å². The van der Waals surface area contributed by atoms with E-state index < -0.39 is 17.4 Å². The molecule has 0 spiro atoms. The van der Waals surface area contributed by atoms with Crippen molar-refractivity contribution in [2.45, 2.75) is 18.3 Å². The largest absolute Gasteiger partial charge is 0.478 e. The number of piperidine rings is 1. The minimum absolute atomic E-state index is 0.0191. The van der Waals surface area contributed by atoms with E-state index in [1.54, 1.807) is 0 Å². The van der Waals surface area contributed by atoms with E-state index in [0.29, 0.717) is 44.6 Å².